The topological polar surface area (TPSA) is 94.7 Å². The molecule has 0 saturated heterocycles. The van der Waals surface area contributed by atoms with E-state index in [9.17, 15) is 20.1 Å². The fourth-order valence-electron chi connectivity index (χ4n) is 3.54. The van der Waals surface area contributed by atoms with E-state index < -0.39 is 12.1 Å². The third-order valence-corrected chi connectivity index (χ3v) is 5.18. The highest BCUT2D eigenvalue weighted by Gasteiger charge is 2.15. The molecule has 0 aliphatic carbocycles. The average Bonchev–Trinajstić information content (AvgIpc) is 3.04. The summed E-state index contributed by atoms with van der Waals surface area (Å²) in [4.78, 5) is 11.5. The maximum absolute atomic E-state index is 11.5. The van der Waals surface area contributed by atoms with Crippen LogP contribution in [-0.2, 0) is 13.0 Å². The number of aliphatic hydroxyl groups excluding tert-OH is 2. The molecule has 0 bridgehead atoms. The number of rotatable bonds is 9. The molecule has 0 amide bonds. The van der Waals surface area contributed by atoms with Gasteiger partial charge in [0.1, 0.15) is 5.69 Å². The van der Waals surface area contributed by atoms with Crippen molar-refractivity contribution in [2.24, 2.45) is 0 Å². The SMILES string of the molecule is CC(Cc1ccc2c(c1)cc(C(=O)O)n2CCO)NCC(O)c1cccc(Cl)c1. The third-order valence-electron chi connectivity index (χ3n) is 4.94. The standard InChI is InChI=1S/C22H25ClN2O4/c1-14(24-13-21(27)16-3-2-4-18(23)11-16)9-15-5-6-19-17(10-15)12-20(22(28)29)25(19)7-8-26/h2-6,10-12,14,21,24,26-27H,7-9,13H2,1H3,(H,28,29). The molecule has 29 heavy (non-hydrogen) atoms. The van der Waals surface area contributed by atoms with Crippen molar-refractivity contribution in [3.05, 3.63) is 70.4 Å². The first-order valence-electron chi connectivity index (χ1n) is 9.52. The average molecular weight is 417 g/mol. The summed E-state index contributed by atoms with van der Waals surface area (Å²) in [5.41, 5.74) is 2.79. The van der Waals surface area contributed by atoms with Crippen molar-refractivity contribution in [1.29, 1.82) is 0 Å². The molecule has 2 atom stereocenters. The number of carboxylic acid groups (broad SMARTS) is 1. The molecule has 0 aliphatic rings. The number of carbonyl (C=O) groups is 1. The van der Waals surface area contributed by atoms with E-state index in [1.807, 2.05) is 37.3 Å². The molecule has 0 saturated carbocycles. The summed E-state index contributed by atoms with van der Waals surface area (Å²) >= 11 is 5.97. The largest absolute Gasteiger partial charge is 0.477 e. The highest BCUT2D eigenvalue weighted by Crippen LogP contribution is 2.23. The monoisotopic (exact) mass is 416 g/mol. The number of aliphatic hydroxyl groups is 2. The van der Waals surface area contributed by atoms with Crippen LogP contribution in [-0.4, -0.2) is 45.0 Å². The Labute approximate surface area is 174 Å². The summed E-state index contributed by atoms with van der Waals surface area (Å²) in [5, 5.41) is 33.7. The van der Waals surface area contributed by atoms with Crippen molar-refractivity contribution in [3.63, 3.8) is 0 Å². The second-order valence-corrected chi connectivity index (χ2v) is 7.62. The van der Waals surface area contributed by atoms with Crippen molar-refractivity contribution in [3.8, 4) is 0 Å². The van der Waals surface area contributed by atoms with Gasteiger partial charge in [-0.2, -0.15) is 0 Å². The van der Waals surface area contributed by atoms with Gasteiger partial charge in [0.05, 0.1) is 12.7 Å². The van der Waals surface area contributed by atoms with Crippen LogP contribution < -0.4 is 5.32 Å². The van der Waals surface area contributed by atoms with Crippen LogP contribution in [0.5, 0.6) is 0 Å². The molecule has 1 aromatic heterocycles. The van der Waals surface area contributed by atoms with Crippen molar-refractivity contribution in [2.75, 3.05) is 13.2 Å². The highest BCUT2D eigenvalue weighted by molar-refractivity contribution is 6.30. The number of fused-ring (bicyclic) bond motifs is 1. The van der Waals surface area contributed by atoms with E-state index in [0.717, 1.165) is 28.5 Å². The Kier molecular flexibility index (Phi) is 6.92. The van der Waals surface area contributed by atoms with Crippen LogP contribution in [0.2, 0.25) is 5.02 Å². The van der Waals surface area contributed by atoms with Gasteiger partial charge < -0.3 is 25.2 Å². The van der Waals surface area contributed by atoms with Crippen LogP contribution in [0.4, 0.5) is 0 Å². The lowest BCUT2D eigenvalue weighted by Gasteiger charge is -2.18. The number of halogens is 1. The van der Waals surface area contributed by atoms with E-state index in [2.05, 4.69) is 5.32 Å². The first-order chi connectivity index (χ1) is 13.9. The quantitative estimate of drug-likeness (QED) is 0.429. The van der Waals surface area contributed by atoms with Gasteiger partial charge in [-0.25, -0.2) is 4.79 Å². The number of nitrogens with zero attached hydrogens (tertiary/aromatic N) is 1. The molecule has 0 radical (unpaired) electrons. The van der Waals surface area contributed by atoms with Crippen LogP contribution >= 0.6 is 11.6 Å². The highest BCUT2D eigenvalue weighted by atomic mass is 35.5. The van der Waals surface area contributed by atoms with Crippen molar-refractivity contribution in [1.82, 2.24) is 9.88 Å². The Bertz CT molecular complexity index is 1000. The molecule has 4 N–H and O–H groups in total. The first kappa shape index (κ1) is 21.3. The van der Waals surface area contributed by atoms with Crippen LogP contribution in [0, 0.1) is 0 Å². The predicted molar refractivity (Wildman–Crippen MR) is 114 cm³/mol. The summed E-state index contributed by atoms with van der Waals surface area (Å²) in [7, 11) is 0. The smallest absolute Gasteiger partial charge is 0.352 e. The first-order valence-corrected chi connectivity index (χ1v) is 9.90. The van der Waals surface area contributed by atoms with Gasteiger partial charge in [-0.05, 0) is 54.8 Å². The summed E-state index contributed by atoms with van der Waals surface area (Å²) in [6, 6.07) is 14.8. The number of nitrogens with one attached hydrogen (secondary N) is 1. The molecular weight excluding hydrogens is 392 g/mol. The minimum Gasteiger partial charge on any atom is -0.477 e. The maximum Gasteiger partial charge on any atom is 0.352 e. The van der Waals surface area contributed by atoms with Gasteiger partial charge in [0, 0.05) is 35.1 Å². The van der Waals surface area contributed by atoms with Crippen LogP contribution in [0.25, 0.3) is 10.9 Å². The number of hydrogen-bond acceptors (Lipinski definition) is 4. The molecule has 6 nitrogen and oxygen atoms in total. The van der Waals surface area contributed by atoms with Gasteiger partial charge >= 0.3 is 5.97 Å². The summed E-state index contributed by atoms with van der Waals surface area (Å²) < 4.78 is 1.62. The van der Waals surface area contributed by atoms with E-state index in [1.54, 1.807) is 22.8 Å². The fourth-order valence-corrected chi connectivity index (χ4v) is 3.73. The van der Waals surface area contributed by atoms with E-state index in [-0.39, 0.29) is 24.9 Å². The molecule has 2 unspecified atom stereocenters. The number of carboxylic acids is 1. The lowest BCUT2D eigenvalue weighted by Crippen LogP contribution is -2.32. The van der Waals surface area contributed by atoms with Crippen molar-refractivity contribution in [2.45, 2.75) is 32.0 Å². The Morgan fingerprint density at radius 2 is 2.00 bits per heavy atom. The van der Waals surface area contributed by atoms with Gasteiger partial charge in [-0.15, -0.1) is 0 Å². The van der Waals surface area contributed by atoms with Gasteiger partial charge in [0.25, 0.3) is 0 Å². The van der Waals surface area contributed by atoms with Crippen LogP contribution in [0.1, 0.15) is 34.6 Å². The van der Waals surface area contributed by atoms with E-state index in [1.165, 1.54) is 0 Å². The third kappa shape index (κ3) is 5.16. The zero-order valence-electron chi connectivity index (χ0n) is 16.2. The number of aromatic nitrogens is 1. The molecule has 154 valence electrons. The zero-order chi connectivity index (χ0) is 21.0. The number of hydrogen-bond donors (Lipinski definition) is 4. The van der Waals surface area contributed by atoms with Gasteiger partial charge in [0.2, 0.25) is 0 Å². The minimum absolute atomic E-state index is 0.111. The van der Waals surface area contributed by atoms with Crippen LogP contribution in [0.3, 0.4) is 0 Å². The lowest BCUT2D eigenvalue weighted by molar-refractivity contribution is 0.0684. The van der Waals surface area contributed by atoms with Crippen LogP contribution in [0.15, 0.2) is 48.5 Å². The second-order valence-electron chi connectivity index (χ2n) is 7.19. The summed E-state index contributed by atoms with van der Waals surface area (Å²) in [6.45, 7) is 2.56. The number of benzene rings is 2. The molecule has 0 fully saturated rings. The normalized spacial score (nSPS) is 13.5. The van der Waals surface area contributed by atoms with Crippen molar-refractivity contribution < 1.29 is 20.1 Å². The summed E-state index contributed by atoms with van der Waals surface area (Å²) in [5.74, 6) is -1.01. The van der Waals surface area contributed by atoms with Gasteiger partial charge in [-0.1, -0.05) is 29.8 Å². The molecule has 2 aromatic carbocycles. The van der Waals surface area contributed by atoms with Gasteiger partial charge in [-0.3, -0.25) is 0 Å². The molecule has 3 rings (SSSR count). The minimum atomic E-state index is -1.01. The number of aromatic carboxylic acids is 1. The Balaban J connectivity index is 1.67. The summed E-state index contributed by atoms with van der Waals surface area (Å²) in [6.07, 6.45) is 0.0791. The van der Waals surface area contributed by atoms with Gasteiger partial charge in [0.15, 0.2) is 0 Å². The zero-order valence-corrected chi connectivity index (χ0v) is 16.9. The van der Waals surface area contributed by atoms with E-state index in [0.29, 0.717) is 11.6 Å². The van der Waals surface area contributed by atoms with E-state index >= 15 is 0 Å². The molecule has 3 aromatic rings. The second kappa shape index (κ2) is 9.41. The lowest BCUT2D eigenvalue weighted by atomic mass is 10.0. The maximum atomic E-state index is 11.5. The molecule has 0 spiro atoms. The Hall–Kier alpha value is -2.38. The molecular formula is C22H25ClN2O4. The Morgan fingerprint density at radius 1 is 1.21 bits per heavy atom. The predicted octanol–water partition coefficient (Wildman–Crippen LogP) is 3.24. The Morgan fingerprint density at radius 3 is 2.69 bits per heavy atom. The fraction of sp³-hybridized carbons (Fsp3) is 0.318. The molecule has 7 heteroatoms. The molecule has 0 aliphatic heterocycles. The molecule has 1 heterocycles. The van der Waals surface area contributed by atoms with E-state index in [4.69, 9.17) is 11.6 Å². The van der Waals surface area contributed by atoms with Crippen molar-refractivity contribution >= 4 is 28.5 Å².